The number of nitrogens with zero attached hydrogens (tertiary/aromatic N) is 3. The molecule has 0 amide bonds. The molecule has 2 heterocycles. The average molecular weight is 740 g/mol. The molecule has 58 heavy (non-hydrogen) atoms. The smallest absolute Gasteiger partial charge is 0.0755 e. The highest BCUT2D eigenvalue weighted by Crippen LogP contribution is 2.64. The Balaban J connectivity index is 1.15. The lowest BCUT2D eigenvalue weighted by Gasteiger charge is -2.45. The summed E-state index contributed by atoms with van der Waals surface area (Å²) in [6, 6.07) is 82.3. The summed E-state index contributed by atoms with van der Waals surface area (Å²) < 4.78 is 2.38. The van der Waals surface area contributed by atoms with Crippen molar-refractivity contribution >= 4 is 55.9 Å². The van der Waals surface area contributed by atoms with E-state index in [9.17, 15) is 0 Å². The molecule has 0 saturated heterocycles. The molecule has 2 aliphatic rings. The first kappa shape index (κ1) is 32.6. The molecule has 272 valence electrons. The highest BCUT2D eigenvalue weighted by atomic mass is 15.2. The highest BCUT2D eigenvalue weighted by molar-refractivity contribution is 6.11. The van der Waals surface area contributed by atoms with Crippen molar-refractivity contribution in [2.45, 2.75) is 5.41 Å². The number of para-hydroxylation sites is 5. The SMILES string of the molecule is c1ccc(N(c2ccc3c(c2)C2(c4ccccc4-c4ccccc42)c2ccccc2N3c2ccccc2)c2ccc3c(c2)c2ccccc2n3-c2ccccc2)cc1. The summed E-state index contributed by atoms with van der Waals surface area (Å²) in [6.07, 6.45) is 0. The van der Waals surface area contributed by atoms with Crippen molar-refractivity contribution < 1.29 is 0 Å². The van der Waals surface area contributed by atoms with E-state index < -0.39 is 5.41 Å². The lowest BCUT2D eigenvalue weighted by molar-refractivity contribution is 0.752. The van der Waals surface area contributed by atoms with E-state index >= 15 is 0 Å². The topological polar surface area (TPSA) is 11.4 Å². The number of fused-ring (bicyclic) bond motifs is 12. The second kappa shape index (κ2) is 12.7. The van der Waals surface area contributed by atoms with E-state index in [4.69, 9.17) is 0 Å². The van der Waals surface area contributed by atoms with Gasteiger partial charge in [0.15, 0.2) is 0 Å². The molecule has 0 saturated carbocycles. The van der Waals surface area contributed by atoms with E-state index in [0.29, 0.717) is 0 Å². The third kappa shape index (κ3) is 4.56. The monoisotopic (exact) mass is 739 g/mol. The van der Waals surface area contributed by atoms with Gasteiger partial charge in [0.2, 0.25) is 0 Å². The minimum Gasteiger partial charge on any atom is -0.310 e. The molecule has 9 aromatic carbocycles. The molecule has 12 rings (SSSR count). The summed E-state index contributed by atoms with van der Waals surface area (Å²) in [6.45, 7) is 0. The molecule has 1 spiro atoms. The Kier molecular flexibility index (Phi) is 7.14. The minimum atomic E-state index is -0.546. The lowest BCUT2D eigenvalue weighted by Crippen LogP contribution is -2.36. The van der Waals surface area contributed by atoms with Gasteiger partial charge in [-0.25, -0.2) is 0 Å². The van der Waals surface area contributed by atoms with Crippen LogP contribution in [0.3, 0.4) is 0 Å². The van der Waals surface area contributed by atoms with Gasteiger partial charge in [-0.05, 0) is 118 Å². The maximum atomic E-state index is 2.48. The Morgan fingerprint density at radius 2 is 0.845 bits per heavy atom. The Morgan fingerprint density at radius 3 is 1.57 bits per heavy atom. The van der Waals surface area contributed by atoms with E-state index in [1.165, 1.54) is 66.6 Å². The number of anilines is 6. The van der Waals surface area contributed by atoms with E-state index in [-0.39, 0.29) is 0 Å². The molecule has 3 heteroatoms. The molecule has 3 nitrogen and oxygen atoms in total. The number of aromatic nitrogens is 1. The van der Waals surface area contributed by atoms with E-state index in [2.05, 4.69) is 239 Å². The first-order valence-corrected chi connectivity index (χ1v) is 20.0. The van der Waals surface area contributed by atoms with Gasteiger partial charge in [0.05, 0.1) is 27.8 Å². The fraction of sp³-hybridized carbons (Fsp3) is 0.0182. The first-order chi connectivity index (χ1) is 28.8. The van der Waals surface area contributed by atoms with Crippen LogP contribution in [0.2, 0.25) is 0 Å². The first-order valence-electron chi connectivity index (χ1n) is 20.0. The fourth-order valence-electron chi connectivity index (χ4n) is 10.1. The molecule has 0 fully saturated rings. The van der Waals surface area contributed by atoms with Crippen molar-refractivity contribution in [3.8, 4) is 16.8 Å². The van der Waals surface area contributed by atoms with Crippen molar-refractivity contribution in [3.05, 3.63) is 247 Å². The lowest BCUT2D eigenvalue weighted by atomic mass is 9.64. The molecule has 0 atom stereocenters. The second-order valence-electron chi connectivity index (χ2n) is 15.3. The van der Waals surface area contributed by atoms with Gasteiger partial charge in [-0.3, -0.25) is 0 Å². The van der Waals surface area contributed by atoms with Gasteiger partial charge in [0.25, 0.3) is 0 Å². The van der Waals surface area contributed by atoms with Crippen LogP contribution in [0.25, 0.3) is 38.6 Å². The summed E-state index contributed by atoms with van der Waals surface area (Å²) in [5.74, 6) is 0. The van der Waals surface area contributed by atoms with Crippen LogP contribution in [0, 0.1) is 0 Å². The summed E-state index contributed by atoms with van der Waals surface area (Å²) in [5.41, 5.74) is 17.6. The van der Waals surface area contributed by atoms with Crippen molar-refractivity contribution in [3.63, 3.8) is 0 Å². The third-order valence-corrected chi connectivity index (χ3v) is 12.3. The standard InChI is InChI=1S/C55H37N3/c1-4-18-38(19-5-1)56(41-32-34-52-46(36-41)45-26-12-16-30-51(45)57(52)39-20-6-2-7-21-39)42-33-35-54-50(37-42)55(47-27-13-10-24-43(47)44-25-11-14-28-48(44)55)49-29-15-17-31-53(49)58(54)40-22-8-3-9-23-40/h1-37H. The van der Waals surface area contributed by atoms with Crippen LogP contribution in [0.4, 0.5) is 34.1 Å². The highest BCUT2D eigenvalue weighted by Gasteiger charge is 2.51. The van der Waals surface area contributed by atoms with Crippen molar-refractivity contribution in [2.24, 2.45) is 0 Å². The van der Waals surface area contributed by atoms with Gasteiger partial charge in [-0.1, -0.05) is 140 Å². The predicted molar refractivity (Wildman–Crippen MR) is 241 cm³/mol. The fourth-order valence-corrected chi connectivity index (χ4v) is 10.1. The summed E-state index contributed by atoms with van der Waals surface area (Å²) in [7, 11) is 0. The molecular weight excluding hydrogens is 703 g/mol. The Labute approximate surface area is 337 Å². The van der Waals surface area contributed by atoms with Gasteiger partial charge < -0.3 is 14.4 Å². The van der Waals surface area contributed by atoms with Gasteiger partial charge in [0.1, 0.15) is 0 Å². The number of benzene rings is 9. The van der Waals surface area contributed by atoms with Gasteiger partial charge in [-0.2, -0.15) is 0 Å². The second-order valence-corrected chi connectivity index (χ2v) is 15.3. The zero-order valence-corrected chi connectivity index (χ0v) is 31.7. The predicted octanol–water partition coefficient (Wildman–Crippen LogP) is 14.4. The van der Waals surface area contributed by atoms with Crippen LogP contribution in [0.1, 0.15) is 22.3 Å². The van der Waals surface area contributed by atoms with Crippen LogP contribution in [0.15, 0.2) is 224 Å². The van der Waals surface area contributed by atoms with Gasteiger partial charge in [0, 0.05) is 39.2 Å². The summed E-state index contributed by atoms with van der Waals surface area (Å²) >= 11 is 0. The van der Waals surface area contributed by atoms with E-state index in [1.54, 1.807) is 0 Å². The molecular formula is C55H37N3. The molecule has 1 aliphatic heterocycles. The third-order valence-electron chi connectivity index (χ3n) is 12.3. The quantitative estimate of drug-likeness (QED) is 0.174. The van der Waals surface area contributed by atoms with Crippen molar-refractivity contribution in [1.82, 2.24) is 4.57 Å². The van der Waals surface area contributed by atoms with Gasteiger partial charge >= 0.3 is 0 Å². The zero-order valence-electron chi connectivity index (χ0n) is 31.7. The Morgan fingerprint density at radius 1 is 0.328 bits per heavy atom. The van der Waals surface area contributed by atoms with Crippen LogP contribution < -0.4 is 9.80 Å². The van der Waals surface area contributed by atoms with Gasteiger partial charge in [-0.15, -0.1) is 0 Å². The van der Waals surface area contributed by atoms with Crippen LogP contribution in [-0.2, 0) is 5.41 Å². The molecule has 1 aliphatic carbocycles. The zero-order chi connectivity index (χ0) is 38.2. The molecule has 0 bridgehead atoms. The molecule has 10 aromatic rings. The number of hydrogen-bond donors (Lipinski definition) is 0. The largest absolute Gasteiger partial charge is 0.310 e. The maximum absolute atomic E-state index is 2.48. The Hall–Kier alpha value is -7.62. The van der Waals surface area contributed by atoms with Crippen molar-refractivity contribution in [2.75, 3.05) is 9.80 Å². The number of rotatable bonds is 5. The molecule has 1 aromatic heterocycles. The molecule has 0 N–H and O–H groups in total. The molecule has 0 radical (unpaired) electrons. The van der Waals surface area contributed by atoms with Crippen LogP contribution >= 0.6 is 0 Å². The van der Waals surface area contributed by atoms with Crippen molar-refractivity contribution in [1.29, 1.82) is 0 Å². The normalized spacial score (nSPS) is 13.3. The van der Waals surface area contributed by atoms with E-state index in [1.807, 2.05) is 0 Å². The van der Waals surface area contributed by atoms with Crippen LogP contribution in [0.5, 0.6) is 0 Å². The summed E-state index contributed by atoms with van der Waals surface area (Å²) in [5, 5.41) is 2.45. The maximum Gasteiger partial charge on any atom is 0.0755 e. The molecule has 0 unspecified atom stereocenters. The Bertz CT molecular complexity index is 3140. The average Bonchev–Trinajstić information content (AvgIpc) is 3.78. The van der Waals surface area contributed by atoms with Crippen LogP contribution in [-0.4, -0.2) is 4.57 Å². The van der Waals surface area contributed by atoms with E-state index in [0.717, 1.165) is 28.4 Å². The number of hydrogen-bond acceptors (Lipinski definition) is 2. The summed E-state index contributed by atoms with van der Waals surface area (Å²) in [4.78, 5) is 4.89. The minimum absolute atomic E-state index is 0.546.